The smallest absolute Gasteiger partial charge is 0.240 e. The van der Waals surface area contributed by atoms with Gasteiger partial charge in [-0.05, 0) is 61.6 Å². The zero-order valence-electron chi connectivity index (χ0n) is 12.1. The number of benzene rings is 1. The third-order valence-electron chi connectivity index (χ3n) is 5.00. The van der Waals surface area contributed by atoms with Gasteiger partial charge in [-0.2, -0.15) is 0 Å². The van der Waals surface area contributed by atoms with Crippen LogP contribution in [0.3, 0.4) is 0 Å². The van der Waals surface area contributed by atoms with Gasteiger partial charge in [0.1, 0.15) is 0 Å². The number of nitrogens with two attached hydrogens (primary N) is 1. The van der Waals surface area contributed by atoms with Gasteiger partial charge >= 0.3 is 0 Å². The third kappa shape index (κ3) is 2.91. The molecule has 0 radical (unpaired) electrons. The number of anilines is 1. The maximum Gasteiger partial charge on any atom is 0.240 e. The van der Waals surface area contributed by atoms with Crippen molar-refractivity contribution in [2.24, 2.45) is 17.8 Å². The van der Waals surface area contributed by atoms with Crippen molar-refractivity contribution in [1.82, 2.24) is 4.72 Å². The van der Waals surface area contributed by atoms with Crippen molar-refractivity contribution in [3.63, 3.8) is 0 Å². The number of hydrogen-bond acceptors (Lipinski definition) is 3. The highest BCUT2D eigenvalue weighted by atomic mass is 35.5. The Balaban J connectivity index is 1.74. The van der Waals surface area contributed by atoms with E-state index in [1.807, 2.05) is 0 Å². The molecule has 116 valence electrons. The van der Waals surface area contributed by atoms with E-state index in [1.165, 1.54) is 25.3 Å². The van der Waals surface area contributed by atoms with Crippen LogP contribution in [0, 0.1) is 24.7 Å². The molecule has 0 saturated heterocycles. The number of nitrogen functional groups attached to an aromatic ring is 1. The highest BCUT2D eigenvalue weighted by molar-refractivity contribution is 7.89. The van der Waals surface area contributed by atoms with Crippen molar-refractivity contribution in [3.05, 3.63) is 22.7 Å². The molecule has 3 atom stereocenters. The van der Waals surface area contributed by atoms with E-state index in [0.717, 1.165) is 12.3 Å². The predicted octanol–water partition coefficient (Wildman–Crippen LogP) is 2.95. The van der Waals surface area contributed by atoms with E-state index >= 15 is 0 Å². The van der Waals surface area contributed by atoms with E-state index in [4.69, 9.17) is 17.3 Å². The van der Waals surface area contributed by atoms with Crippen LogP contribution in [0.1, 0.15) is 31.2 Å². The summed E-state index contributed by atoms with van der Waals surface area (Å²) in [6, 6.07) is 3.05. The maximum absolute atomic E-state index is 12.5. The Morgan fingerprint density at radius 1 is 1.33 bits per heavy atom. The van der Waals surface area contributed by atoms with Crippen molar-refractivity contribution >= 4 is 27.3 Å². The fraction of sp³-hybridized carbons (Fsp3) is 0.600. The van der Waals surface area contributed by atoms with Gasteiger partial charge in [0.25, 0.3) is 0 Å². The topological polar surface area (TPSA) is 72.2 Å². The summed E-state index contributed by atoms with van der Waals surface area (Å²) in [7, 11) is -3.52. The lowest BCUT2D eigenvalue weighted by atomic mass is 9.89. The lowest BCUT2D eigenvalue weighted by molar-refractivity contribution is 0.333. The van der Waals surface area contributed by atoms with Crippen molar-refractivity contribution < 1.29 is 8.42 Å². The molecule has 2 aliphatic carbocycles. The lowest BCUT2D eigenvalue weighted by Gasteiger charge is -2.22. The Morgan fingerprint density at radius 2 is 2.10 bits per heavy atom. The van der Waals surface area contributed by atoms with Gasteiger partial charge in [-0.25, -0.2) is 13.1 Å². The highest BCUT2D eigenvalue weighted by Crippen LogP contribution is 2.48. The minimum absolute atomic E-state index is 0.229. The zero-order chi connectivity index (χ0) is 15.2. The first-order chi connectivity index (χ1) is 9.87. The first-order valence-electron chi connectivity index (χ1n) is 7.42. The summed E-state index contributed by atoms with van der Waals surface area (Å²) in [4.78, 5) is 0.229. The number of fused-ring (bicyclic) bond motifs is 2. The van der Waals surface area contributed by atoms with Gasteiger partial charge in [0, 0.05) is 6.54 Å². The average molecular weight is 329 g/mol. The molecule has 2 bridgehead atoms. The fourth-order valence-electron chi connectivity index (χ4n) is 3.88. The number of nitrogens with one attached hydrogen (secondary N) is 1. The lowest BCUT2D eigenvalue weighted by Crippen LogP contribution is -2.32. The van der Waals surface area contributed by atoms with Gasteiger partial charge in [0.2, 0.25) is 10.0 Å². The largest absolute Gasteiger partial charge is 0.397 e. The van der Waals surface area contributed by atoms with Gasteiger partial charge < -0.3 is 5.73 Å². The Labute approximate surface area is 131 Å². The molecular formula is C15H21ClN2O2S. The summed E-state index contributed by atoms with van der Waals surface area (Å²) in [6.45, 7) is 2.27. The van der Waals surface area contributed by atoms with Gasteiger partial charge in [-0.15, -0.1) is 0 Å². The first kappa shape index (κ1) is 15.1. The summed E-state index contributed by atoms with van der Waals surface area (Å²) < 4.78 is 27.7. The molecule has 0 aromatic heterocycles. The van der Waals surface area contributed by atoms with Crippen LogP contribution < -0.4 is 10.5 Å². The molecule has 1 aromatic carbocycles. The van der Waals surface area contributed by atoms with E-state index in [2.05, 4.69) is 4.72 Å². The van der Waals surface area contributed by atoms with E-state index in [1.54, 1.807) is 13.0 Å². The third-order valence-corrected chi connectivity index (χ3v) is 6.90. The molecule has 3 unspecified atom stereocenters. The molecule has 0 aliphatic heterocycles. The molecule has 1 aromatic rings. The van der Waals surface area contributed by atoms with Crippen molar-refractivity contribution in [2.45, 2.75) is 37.5 Å². The van der Waals surface area contributed by atoms with Crippen LogP contribution in [0.2, 0.25) is 5.02 Å². The van der Waals surface area contributed by atoms with Crippen LogP contribution in [-0.2, 0) is 10.0 Å². The van der Waals surface area contributed by atoms with Crippen LogP contribution in [0.5, 0.6) is 0 Å². The molecule has 2 fully saturated rings. The molecule has 2 aliphatic rings. The minimum Gasteiger partial charge on any atom is -0.397 e. The molecule has 0 heterocycles. The Kier molecular flexibility index (Phi) is 3.93. The van der Waals surface area contributed by atoms with Crippen molar-refractivity contribution in [3.8, 4) is 0 Å². The summed E-state index contributed by atoms with van der Waals surface area (Å²) in [5, 5.41) is 0.388. The molecular weight excluding hydrogens is 308 g/mol. The van der Waals surface area contributed by atoms with Crippen LogP contribution in [0.4, 0.5) is 5.69 Å². The number of rotatable bonds is 4. The first-order valence-corrected chi connectivity index (χ1v) is 9.28. The molecule has 6 heteroatoms. The molecule has 3 N–H and O–H groups in total. The Bertz CT molecular complexity index is 660. The normalized spacial score (nSPS) is 28.2. The average Bonchev–Trinajstić information content (AvgIpc) is 3.03. The van der Waals surface area contributed by atoms with Crippen LogP contribution in [0.25, 0.3) is 0 Å². The molecule has 0 spiro atoms. The van der Waals surface area contributed by atoms with Crippen molar-refractivity contribution in [1.29, 1.82) is 0 Å². The minimum atomic E-state index is -3.52. The Morgan fingerprint density at radius 3 is 2.71 bits per heavy atom. The van der Waals surface area contributed by atoms with E-state index in [-0.39, 0.29) is 4.90 Å². The molecule has 2 saturated carbocycles. The van der Waals surface area contributed by atoms with Crippen LogP contribution in [-0.4, -0.2) is 15.0 Å². The maximum atomic E-state index is 12.5. The second-order valence-corrected chi connectivity index (χ2v) is 8.57. The van der Waals surface area contributed by atoms with Gasteiger partial charge in [0.15, 0.2) is 0 Å². The molecule has 3 rings (SSSR count). The zero-order valence-corrected chi connectivity index (χ0v) is 13.7. The fourth-order valence-corrected chi connectivity index (χ4v) is 5.45. The molecule has 4 nitrogen and oxygen atoms in total. The summed E-state index contributed by atoms with van der Waals surface area (Å²) >= 11 is 5.92. The second-order valence-electron chi connectivity index (χ2n) is 6.43. The quantitative estimate of drug-likeness (QED) is 0.835. The van der Waals surface area contributed by atoms with Gasteiger partial charge in [0.05, 0.1) is 15.6 Å². The van der Waals surface area contributed by atoms with Crippen LogP contribution >= 0.6 is 11.6 Å². The number of halogens is 1. The van der Waals surface area contributed by atoms with Crippen molar-refractivity contribution in [2.75, 3.05) is 12.3 Å². The second kappa shape index (κ2) is 5.45. The van der Waals surface area contributed by atoms with Gasteiger partial charge in [-0.3, -0.25) is 0 Å². The predicted molar refractivity (Wildman–Crippen MR) is 84.7 cm³/mol. The number of aryl methyl sites for hydroxylation is 1. The standard InChI is InChI=1S/C15H21ClN2O2S/c1-9-4-13(16)14(17)7-15(9)21(19,20)18-8-12-6-10-2-3-11(12)5-10/h4,7,10-12,18H,2-3,5-6,8,17H2,1H3. The molecule has 0 amide bonds. The van der Waals surface area contributed by atoms with E-state index in [9.17, 15) is 8.42 Å². The van der Waals surface area contributed by atoms with Gasteiger partial charge in [-0.1, -0.05) is 18.0 Å². The number of hydrogen-bond donors (Lipinski definition) is 2. The summed E-state index contributed by atoms with van der Waals surface area (Å²) in [5.74, 6) is 2.01. The summed E-state index contributed by atoms with van der Waals surface area (Å²) in [6.07, 6.45) is 5.01. The summed E-state index contributed by atoms with van der Waals surface area (Å²) in [5.41, 5.74) is 6.64. The highest BCUT2D eigenvalue weighted by Gasteiger charge is 2.39. The number of sulfonamides is 1. The monoisotopic (exact) mass is 328 g/mol. The Hall–Kier alpha value is -0.780. The van der Waals surface area contributed by atoms with E-state index < -0.39 is 10.0 Å². The van der Waals surface area contributed by atoms with E-state index in [0.29, 0.717) is 34.7 Å². The SMILES string of the molecule is Cc1cc(Cl)c(N)cc1S(=O)(=O)NCC1CC2CCC1C2. The molecule has 21 heavy (non-hydrogen) atoms. The van der Waals surface area contributed by atoms with Crippen LogP contribution in [0.15, 0.2) is 17.0 Å².